The van der Waals surface area contributed by atoms with Gasteiger partial charge in [-0.05, 0) is 13.8 Å². The zero-order valence-electron chi connectivity index (χ0n) is 7.46. The molecule has 0 radical (unpaired) electrons. The van der Waals surface area contributed by atoms with E-state index in [4.69, 9.17) is 0 Å². The van der Waals surface area contributed by atoms with Crippen LogP contribution in [-0.4, -0.2) is 30.9 Å². The van der Waals surface area contributed by atoms with E-state index >= 15 is 0 Å². The molecule has 0 saturated carbocycles. The van der Waals surface area contributed by atoms with Gasteiger partial charge in [0.1, 0.15) is 0 Å². The van der Waals surface area contributed by atoms with Gasteiger partial charge in [0.05, 0.1) is 13.2 Å². The van der Waals surface area contributed by atoms with Crippen molar-refractivity contribution in [3.05, 3.63) is 0 Å². The summed E-state index contributed by atoms with van der Waals surface area (Å²) in [6, 6.07) is 0. The Morgan fingerprint density at radius 2 is 1.62 bits per heavy atom. The molecule has 74 valence electrons. The lowest BCUT2D eigenvalue weighted by Gasteiger charge is -2.06. The number of carbonyl (C=O) groups excluding carboxylic acids is 2. The van der Waals surface area contributed by atoms with Crippen LogP contribution < -0.4 is 5.48 Å². The molecule has 6 nitrogen and oxygen atoms in total. The molecule has 1 fully saturated rings. The second-order valence-corrected chi connectivity index (χ2v) is 2.33. The van der Waals surface area contributed by atoms with Crippen LogP contribution in [0.3, 0.4) is 0 Å². The van der Waals surface area contributed by atoms with E-state index in [1.165, 1.54) is 0 Å². The molecule has 0 unspecified atom stereocenters. The molecule has 1 heterocycles. The molecule has 0 aliphatic carbocycles. The average Bonchev–Trinajstić information content (AvgIpc) is 2.85. The lowest BCUT2D eigenvalue weighted by molar-refractivity contribution is -0.163. The molecule has 1 aliphatic rings. The second kappa shape index (κ2) is 3.71. The topological polar surface area (TPSA) is 87.1 Å². The Morgan fingerprint density at radius 3 is 1.85 bits per heavy atom. The van der Waals surface area contributed by atoms with Gasteiger partial charge >= 0.3 is 17.7 Å². The summed E-state index contributed by atoms with van der Waals surface area (Å²) in [6.45, 7) is 3.65. The molecular weight excluding hydrogens is 178 g/mol. The maximum absolute atomic E-state index is 11.1. The third-order valence-corrected chi connectivity index (χ3v) is 1.43. The lowest BCUT2D eigenvalue weighted by atomic mass is 10.3. The Morgan fingerprint density at radius 1 is 1.23 bits per heavy atom. The molecule has 0 aromatic carbocycles. The van der Waals surface area contributed by atoms with Crippen molar-refractivity contribution in [3.8, 4) is 0 Å². The SMILES string of the molecule is CCOC(=O)C1(C(=O)OCC)NO1. The van der Waals surface area contributed by atoms with Gasteiger partial charge in [-0.2, -0.15) is 0 Å². The van der Waals surface area contributed by atoms with E-state index in [9.17, 15) is 9.59 Å². The molecule has 13 heavy (non-hydrogen) atoms. The van der Waals surface area contributed by atoms with Gasteiger partial charge in [0.25, 0.3) is 0 Å². The van der Waals surface area contributed by atoms with Crippen LogP contribution in [0, 0.1) is 0 Å². The fourth-order valence-electron chi connectivity index (χ4n) is 0.766. The second-order valence-electron chi connectivity index (χ2n) is 2.33. The highest BCUT2D eigenvalue weighted by atomic mass is 16.8. The smallest absolute Gasteiger partial charge is 0.370 e. The summed E-state index contributed by atoms with van der Waals surface area (Å²) >= 11 is 0. The molecule has 0 spiro atoms. The first kappa shape index (κ1) is 9.94. The zero-order chi connectivity index (χ0) is 9.90. The Balaban J connectivity index is 2.55. The molecule has 1 saturated heterocycles. The van der Waals surface area contributed by atoms with Gasteiger partial charge in [-0.1, -0.05) is 0 Å². The predicted octanol–water partition coefficient (Wildman–Crippen LogP) is -0.656. The summed E-state index contributed by atoms with van der Waals surface area (Å²) in [4.78, 5) is 26.8. The first-order chi connectivity index (χ1) is 6.17. The van der Waals surface area contributed by atoms with E-state index in [-0.39, 0.29) is 13.2 Å². The fraction of sp³-hybridized carbons (Fsp3) is 0.714. The van der Waals surface area contributed by atoms with E-state index in [1.54, 1.807) is 13.8 Å². The van der Waals surface area contributed by atoms with Crippen molar-refractivity contribution in [2.45, 2.75) is 19.6 Å². The number of ether oxygens (including phenoxy) is 2. The van der Waals surface area contributed by atoms with Gasteiger partial charge in [-0.3, -0.25) is 0 Å². The van der Waals surface area contributed by atoms with Gasteiger partial charge in [0, 0.05) is 0 Å². The minimum atomic E-state index is -1.70. The van der Waals surface area contributed by atoms with Crippen molar-refractivity contribution >= 4 is 11.9 Å². The summed E-state index contributed by atoms with van der Waals surface area (Å²) in [5.74, 6) is -1.54. The molecule has 0 atom stereocenters. The Labute approximate surface area is 75.1 Å². The first-order valence-corrected chi connectivity index (χ1v) is 3.97. The summed E-state index contributed by atoms with van der Waals surface area (Å²) in [6.07, 6.45) is 0. The van der Waals surface area contributed by atoms with Crippen molar-refractivity contribution in [2.24, 2.45) is 0 Å². The highest BCUT2D eigenvalue weighted by molar-refractivity contribution is 6.05. The number of hydrogen-bond acceptors (Lipinski definition) is 6. The number of esters is 2. The lowest BCUT2D eigenvalue weighted by Crippen LogP contribution is -2.40. The standard InChI is InChI=1S/C7H11NO5/c1-3-11-5(9)7(8-13-7)6(10)12-4-2/h8H,3-4H2,1-2H3. The summed E-state index contributed by atoms with van der Waals surface area (Å²) in [5, 5.41) is 0. The molecular formula is C7H11NO5. The van der Waals surface area contributed by atoms with Crippen molar-refractivity contribution in [2.75, 3.05) is 13.2 Å². The van der Waals surface area contributed by atoms with Crippen molar-refractivity contribution in [1.29, 1.82) is 0 Å². The molecule has 6 heteroatoms. The molecule has 0 amide bonds. The van der Waals surface area contributed by atoms with Gasteiger partial charge in [0.15, 0.2) is 0 Å². The first-order valence-electron chi connectivity index (χ1n) is 3.97. The average molecular weight is 189 g/mol. The monoisotopic (exact) mass is 189 g/mol. The maximum atomic E-state index is 11.1. The van der Waals surface area contributed by atoms with Crippen molar-refractivity contribution < 1.29 is 23.9 Å². The molecule has 0 bridgehead atoms. The summed E-state index contributed by atoms with van der Waals surface area (Å²) in [5.41, 5.74) is 0.466. The van der Waals surface area contributed by atoms with Crippen molar-refractivity contribution in [3.63, 3.8) is 0 Å². The van der Waals surface area contributed by atoms with Crippen LogP contribution >= 0.6 is 0 Å². The molecule has 1 rings (SSSR count). The molecule has 0 aromatic heterocycles. The number of rotatable bonds is 4. The number of carbonyl (C=O) groups is 2. The van der Waals surface area contributed by atoms with Crippen LogP contribution in [0.2, 0.25) is 0 Å². The molecule has 1 N–H and O–H groups in total. The normalized spacial score (nSPS) is 17.7. The summed E-state index contributed by atoms with van der Waals surface area (Å²) in [7, 11) is 0. The molecule has 0 aromatic rings. The van der Waals surface area contributed by atoms with Crippen LogP contribution in [0.25, 0.3) is 0 Å². The largest absolute Gasteiger partial charge is 0.462 e. The maximum Gasteiger partial charge on any atom is 0.370 e. The Bertz CT molecular complexity index is 203. The Kier molecular flexibility index (Phi) is 2.84. The van der Waals surface area contributed by atoms with E-state index in [0.29, 0.717) is 0 Å². The van der Waals surface area contributed by atoms with Crippen LogP contribution in [-0.2, 0) is 23.9 Å². The fourth-order valence-corrected chi connectivity index (χ4v) is 0.766. The number of hydroxylamine groups is 1. The van der Waals surface area contributed by atoms with Gasteiger partial charge < -0.3 is 9.47 Å². The number of nitrogens with one attached hydrogen (secondary N) is 1. The highest BCUT2D eigenvalue weighted by Crippen LogP contribution is 2.23. The third kappa shape index (κ3) is 1.78. The quantitative estimate of drug-likeness (QED) is 0.359. The predicted molar refractivity (Wildman–Crippen MR) is 40.2 cm³/mol. The highest BCUT2D eigenvalue weighted by Gasteiger charge is 2.63. The summed E-state index contributed by atoms with van der Waals surface area (Å²) < 4.78 is 9.22. The minimum Gasteiger partial charge on any atom is -0.462 e. The van der Waals surface area contributed by atoms with Gasteiger partial charge in [0.2, 0.25) is 0 Å². The van der Waals surface area contributed by atoms with E-state index in [1.807, 2.05) is 0 Å². The van der Waals surface area contributed by atoms with Crippen LogP contribution in [0.5, 0.6) is 0 Å². The van der Waals surface area contributed by atoms with Crippen LogP contribution in [0.15, 0.2) is 0 Å². The Hall–Kier alpha value is -1.14. The van der Waals surface area contributed by atoms with Gasteiger partial charge in [-0.25, -0.2) is 14.4 Å². The van der Waals surface area contributed by atoms with Crippen LogP contribution in [0.4, 0.5) is 0 Å². The van der Waals surface area contributed by atoms with E-state index < -0.39 is 17.7 Å². The zero-order valence-corrected chi connectivity index (χ0v) is 7.46. The van der Waals surface area contributed by atoms with Crippen molar-refractivity contribution in [1.82, 2.24) is 5.48 Å². The number of hydrogen-bond donors (Lipinski definition) is 1. The third-order valence-electron chi connectivity index (χ3n) is 1.43. The van der Waals surface area contributed by atoms with Gasteiger partial charge in [-0.15, -0.1) is 5.48 Å². The van der Waals surface area contributed by atoms with Crippen LogP contribution in [0.1, 0.15) is 13.8 Å². The van der Waals surface area contributed by atoms with E-state index in [2.05, 4.69) is 19.8 Å². The van der Waals surface area contributed by atoms with E-state index in [0.717, 1.165) is 0 Å². The molecule has 1 aliphatic heterocycles. The minimum absolute atomic E-state index is 0.186.